The molecule has 4 heteroatoms. The molecule has 1 aliphatic rings. The van der Waals surface area contributed by atoms with Gasteiger partial charge in [-0.05, 0) is 43.7 Å². The minimum Gasteiger partial charge on any atom is -0.303 e. The molecule has 2 heterocycles. The topological polar surface area (TPSA) is 52.0 Å². The van der Waals surface area contributed by atoms with Crippen LogP contribution in [0, 0.1) is 13.8 Å². The van der Waals surface area contributed by atoms with Crippen molar-refractivity contribution in [2.75, 3.05) is 0 Å². The van der Waals surface area contributed by atoms with Crippen molar-refractivity contribution in [3.05, 3.63) is 88.4 Å². The number of Topliss-reactive ketones (excluding diaryl/α,β-unsaturated/α-hetero) is 2. The molecule has 1 aromatic carbocycles. The molecule has 25 heavy (non-hydrogen) atoms. The molecule has 0 atom stereocenters. The van der Waals surface area contributed by atoms with E-state index in [0.717, 1.165) is 22.8 Å². The van der Waals surface area contributed by atoms with E-state index in [0.29, 0.717) is 11.1 Å². The number of hydrogen-bond acceptors (Lipinski definition) is 3. The normalized spacial score (nSPS) is 13.3. The van der Waals surface area contributed by atoms with Gasteiger partial charge in [-0.25, -0.2) is 4.98 Å². The number of rotatable bonds is 2. The summed E-state index contributed by atoms with van der Waals surface area (Å²) in [6.07, 6.45) is 3.44. The van der Waals surface area contributed by atoms with Crippen molar-refractivity contribution in [3.63, 3.8) is 0 Å². The van der Waals surface area contributed by atoms with E-state index in [1.54, 1.807) is 36.5 Å². The smallest absolute Gasteiger partial charge is 0.197 e. The summed E-state index contributed by atoms with van der Waals surface area (Å²) in [5.74, 6) is 0.404. The summed E-state index contributed by atoms with van der Waals surface area (Å²) >= 11 is 0. The predicted octanol–water partition coefficient (Wildman–Crippen LogP) is 3.95. The number of aryl methyl sites for hydroxylation is 1. The summed E-state index contributed by atoms with van der Waals surface area (Å²) in [5, 5.41) is 0. The minimum atomic E-state index is -0.205. The molecule has 0 saturated carbocycles. The van der Waals surface area contributed by atoms with Crippen LogP contribution in [0.4, 0.5) is 0 Å². The van der Waals surface area contributed by atoms with Gasteiger partial charge in [-0.1, -0.05) is 30.3 Å². The van der Waals surface area contributed by atoms with Crippen molar-refractivity contribution in [2.24, 2.45) is 0 Å². The quantitative estimate of drug-likeness (QED) is 0.529. The van der Waals surface area contributed by atoms with Gasteiger partial charge in [-0.3, -0.25) is 9.59 Å². The average Bonchev–Trinajstić information content (AvgIpc) is 3.04. The van der Waals surface area contributed by atoms with Crippen LogP contribution in [-0.4, -0.2) is 21.1 Å². The van der Waals surface area contributed by atoms with Crippen LogP contribution in [0.15, 0.2) is 60.3 Å². The molecule has 0 bridgehead atoms. The third-order valence-electron chi connectivity index (χ3n) is 4.55. The summed E-state index contributed by atoms with van der Waals surface area (Å²) in [5.41, 5.74) is 3.99. The zero-order chi connectivity index (χ0) is 17.6. The molecule has 122 valence electrons. The van der Waals surface area contributed by atoms with Gasteiger partial charge in [0.2, 0.25) is 0 Å². The van der Waals surface area contributed by atoms with E-state index in [-0.39, 0.29) is 17.1 Å². The van der Waals surface area contributed by atoms with Gasteiger partial charge < -0.3 is 4.57 Å². The van der Waals surface area contributed by atoms with Crippen LogP contribution in [0.1, 0.15) is 37.7 Å². The van der Waals surface area contributed by atoms with Crippen LogP contribution < -0.4 is 0 Å². The number of aromatic nitrogens is 2. The molecule has 3 aromatic rings. The summed E-state index contributed by atoms with van der Waals surface area (Å²) in [7, 11) is 0. The minimum absolute atomic E-state index is 0.205. The highest BCUT2D eigenvalue weighted by Crippen LogP contribution is 2.29. The highest BCUT2D eigenvalue weighted by molar-refractivity contribution is 6.41. The Kier molecular flexibility index (Phi) is 3.46. The van der Waals surface area contributed by atoms with Crippen LogP contribution in [0.5, 0.6) is 0 Å². The van der Waals surface area contributed by atoms with Crippen molar-refractivity contribution in [2.45, 2.75) is 13.8 Å². The molecule has 0 N–H and O–H groups in total. The molecule has 0 amide bonds. The number of carbonyl (C=O) groups is 2. The Labute approximate surface area is 145 Å². The van der Waals surface area contributed by atoms with E-state index in [1.165, 1.54) is 0 Å². The molecule has 2 aromatic heterocycles. The third kappa shape index (κ3) is 2.34. The molecular weight excluding hydrogens is 312 g/mol. The lowest BCUT2D eigenvalue weighted by molar-refractivity contribution is 0.0990. The maximum Gasteiger partial charge on any atom is 0.197 e. The Balaban J connectivity index is 1.82. The monoisotopic (exact) mass is 328 g/mol. The number of nitrogens with zero attached hydrogens (tertiary/aromatic N) is 2. The molecule has 0 aliphatic heterocycles. The van der Waals surface area contributed by atoms with Crippen LogP contribution in [0.3, 0.4) is 0 Å². The summed E-state index contributed by atoms with van der Waals surface area (Å²) in [6.45, 7) is 3.95. The molecule has 0 saturated heterocycles. The Bertz CT molecular complexity index is 1010. The SMILES string of the molecule is Cc1cc(C=C2C(=O)c3ccccc3C2=O)c(C)n1-c1ccccn1. The van der Waals surface area contributed by atoms with Crippen molar-refractivity contribution < 1.29 is 9.59 Å². The van der Waals surface area contributed by atoms with E-state index in [1.807, 2.05) is 42.7 Å². The van der Waals surface area contributed by atoms with Gasteiger partial charge in [-0.2, -0.15) is 0 Å². The number of carbonyl (C=O) groups excluding carboxylic acids is 2. The Morgan fingerprint density at radius 1 is 0.920 bits per heavy atom. The number of allylic oxidation sites excluding steroid dienone is 1. The first-order valence-corrected chi connectivity index (χ1v) is 8.08. The zero-order valence-corrected chi connectivity index (χ0v) is 14.0. The van der Waals surface area contributed by atoms with Crippen molar-refractivity contribution in [1.82, 2.24) is 9.55 Å². The van der Waals surface area contributed by atoms with Crippen LogP contribution in [-0.2, 0) is 0 Å². The fourth-order valence-electron chi connectivity index (χ4n) is 3.33. The van der Waals surface area contributed by atoms with Gasteiger partial charge in [0, 0.05) is 28.7 Å². The standard InChI is InChI=1S/C21H16N2O2/c1-13-11-15(14(2)23(13)19-9-5-6-10-22-19)12-18-20(24)16-7-3-4-8-17(16)21(18)25/h3-12H,1-2H3. The van der Waals surface area contributed by atoms with Gasteiger partial charge in [-0.15, -0.1) is 0 Å². The molecule has 0 fully saturated rings. The second kappa shape index (κ2) is 5.67. The largest absolute Gasteiger partial charge is 0.303 e. The van der Waals surface area contributed by atoms with E-state index >= 15 is 0 Å². The maximum atomic E-state index is 12.6. The summed E-state index contributed by atoms with van der Waals surface area (Å²) in [4.78, 5) is 29.5. The first-order chi connectivity index (χ1) is 12.1. The average molecular weight is 328 g/mol. The Hall–Kier alpha value is -3.27. The zero-order valence-electron chi connectivity index (χ0n) is 14.0. The molecule has 4 rings (SSSR count). The van der Waals surface area contributed by atoms with Gasteiger partial charge >= 0.3 is 0 Å². The van der Waals surface area contributed by atoms with E-state index in [9.17, 15) is 9.59 Å². The molecule has 1 aliphatic carbocycles. The Morgan fingerprint density at radius 2 is 1.56 bits per heavy atom. The lowest BCUT2D eigenvalue weighted by atomic mass is 10.1. The van der Waals surface area contributed by atoms with E-state index < -0.39 is 0 Å². The molecule has 4 nitrogen and oxygen atoms in total. The molecular formula is C21H16N2O2. The lowest BCUT2D eigenvalue weighted by Crippen LogP contribution is -2.02. The number of benzene rings is 1. The third-order valence-corrected chi connectivity index (χ3v) is 4.55. The first-order valence-electron chi connectivity index (χ1n) is 8.08. The number of fused-ring (bicyclic) bond motifs is 1. The summed E-state index contributed by atoms with van der Waals surface area (Å²) in [6, 6.07) is 14.7. The van der Waals surface area contributed by atoms with E-state index in [4.69, 9.17) is 0 Å². The summed E-state index contributed by atoms with van der Waals surface area (Å²) < 4.78 is 2.02. The number of ketones is 2. The number of hydrogen-bond donors (Lipinski definition) is 0. The second-order valence-electron chi connectivity index (χ2n) is 6.11. The second-order valence-corrected chi connectivity index (χ2v) is 6.11. The van der Waals surface area contributed by atoms with Crippen molar-refractivity contribution >= 4 is 17.6 Å². The fourth-order valence-corrected chi connectivity index (χ4v) is 3.33. The van der Waals surface area contributed by atoms with Gasteiger partial charge in [0.15, 0.2) is 11.6 Å². The Morgan fingerprint density at radius 3 is 2.16 bits per heavy atom. The fraction of sp³-hybridized carbons (Fsp3) is 0.0952. The van der Waals surface area contributed by atoms with Gasteiger partial charge in [0.25, 0.3) is 0 Å². The highest BCUT2D eigenvalue weighted by atomic mass is 16.2. The molecule has 0 spiro atoms. The van der Waals surface area contributed by atoms with Crippen LogP contribution in [0.25, 0.3) is 11.9 Å². The molecule has 0 radical (unpaired) electrons. The van der Waals surface area contributed by atoms with Crippen LogP contribution >= 0.6 is 0 Å². The predicted molar refractivity (Wildman–Crippen MR) is 96.1 cm³/mol. The highest BCUT2D eigenvalue weighted by Gasteiger charge is 2.32. The lowest BCUT2D eigenvalue weighted by Gasteiger charge is -2.07. The first kappa shape index (κ1) is 15.3. The van der Waals surface area contributed by atoms with Crippen molar-refractivity contribution in [1.29, 1.82) is 0 Å². The van der Waals surface area contributed by atoms with Gasteiger partial charge in [0.05, 0.1) is 5.57 Å². The molecule has 0 unspecified atom stereocenters. The van der Waals surface area contributed by atoms with E-state index in [2.05, 4.69) is 4.98 Å². The maximum absolute atomic E-state index is 12.6. The van der Waals surface area contributed by atoms with Crippen molar-refractivity contribution in [3.8, 4) is 5.82 Å². The number of pyridine rings is 1. The van der Waals surface area contributed by atoms with Gasteiger partial charge in [0.1, 0.15) is 5.82 Å². The van der Waals surface area contributed by atoms with Crippen LogP contribution in [0.2, 0.25) is 0 Å².